The summed E-state index contributed by atoms with van der Waals surface area (Å²) < 4.78 is 0. The van der Waals surface area contributed by atoms with Crippen LogP contribution in [0.2, 0.25) is 0 Å². The van der Waals surface area contributed by atoms with Gasteiger partial charge in [0.05, 0.1) is 16.2 Å². The van der Waals surface area contributed by atoms with Gasteiger partial charge in [0.25, 0.3) is 5.69 Å². The number of nitrogens with zero attached hydrogens (tertiary/aromatic N) is 2. The Morgan fingerprint density at radius 2 is 1.96 bits per heavy atom. The van der Waals surface area contributed by atoms with Gasteiger partial charge in [-0.1, -0.05) is 6.07 Å². The number of benzene rings is 1. The third kappa shape index (κ3) is 3.84. The molecule has 2 rings (SSSR count). The Labute approximate surface area is 141 Å². The van der Waals surface area contributed by atoms with E-state index in [2.05, 4.69) is 5.32 Å². The van der Waals surface area contributed by atoms with E-state index < -0.39 is 4.92 Å². The molecule has 1 saturated carbocycles. The fourth-order valence-electron chi connectivity index (χ4n) is 3.30. The molecule has 0 atom stereocenters. The van der Waals surface area contributed by atoms with Gasteiger partial charge in [0, 0.05) is 25.8 Å². The van der Waals surface area contributed by atoms with Crippen molar-refractivity contribution in [1.29, 1.82) is 0 Å². The Hall–Kier alpha value is -2.15. The van der Waals surface area contributed by atoms with Crippen molar-refractivity contribution in [2.75, 3.05) is 19.0 Å². The van der Waals surface area contributed by atoms with Crippen LogP contribution in [0, 0.1) is 29.9 Å². The number of aryl methyl sites for hydroxylation is 1. The van der Waals surface area contributed by atoms with Crippen molar-refractivity contribution in [2.24, 2.45) is 5.92 Å². The number of urea groups is 1. The van der Waals surface area contributed by atoms with Crippen molar-refractivity contribution in [3.05, 3.63) is 33.4 Å². The second kappa shape index (κ2) is 7.61. The number of aliphatic hydroxyl groups excluding tert-OH is 1. The average Bonchev–Trinajstić information content (AvgIpc) is 2.57. The molecule has 2 N–H and O–H groups in total. The van der Waals surface area contributed by atoms with Gasteiger partial charge in [-0.05, 0) is 51.0 Å². The van der Waals surface area contributed by atoms with Crippen molar-refractivity contribution in [3.8, 4) is 0 Å². The quantitative estimate of drug-likeness (QED) is 0.652. The molecule has 24 heavy (non-hydrogen) atoms. The molecule has 132 valence electrons. The van der Waals surface area contributed by atoms with Crippen molar-refractivity contribution < 1.29 is 14.8 Å². The Morgan fingerprint density at radius 1 is 1.33 bits per heavy atom. The van der Waals surface area contributed by atoms with E-state index in [1.165, 1.54) is 6.07 Å². The summed E-state index contributed by atoms with van der Waals surface area (Å²) >= 11 is 0. The van der Waals surface area contributed by atoms with Gasteiger partial charge in [0.1, 0.15) is 0 Å². The van der Waals surface area contributed by atoms with E-state index >= 15 is 0 Å². The summed E-state index contributed by atoms with van der Waals surface area (Å²) in [5, 5.41) is 23.1. The molecule has 1 aliphatic rings. The number of aliphatic hydroxyl groups is 1. The average molecular weight is 335 g/mol. The monoisotopic (exact) mass is 335 g/mol. The van der Waals surface area contributed by atoms with E-state index in [9.17, 15) is 20.0 Å². The summed E-state index contributed by atoms with van der Waals surface area (Å²) in [6, 6.07) is 2.98. The first-order chi connectivity index (χ1) is 11.3. The molecule has 0 unspecified atom stereocenters. The minimum absolute atomic E-state index is 0.00186. The maximum Gasteiger partial charge on any atom is 0.321 e. The van der Waals surface area contributed by atoms with Crippen LogP contribution >= 0.6 is 0 Å². The Kier molecular flexibility index (Phi) is 5.77. The number of carbonyl (C=O) groups is 1. The molecule has 2 amide bonds. The number of nitrogens with one attached hydrogen (secondary N) is 1. The summed E-state index contributed by atoms with van der Waals surface area (Å²) in [6.07, 6.45) is 3.55. The smallest absolute Gasteiger partial charge is 0.321 e. The molecular weight excluding hydrogens is 310 g/mol. The summed E-state index contributed by atoms with van der Waals surface area (Å²) in [7, 11) is 1.75. The largest absolute Gasteiger partial charge is 0.396 e. The minimum Gasteiger partial charge on any atom is -0.396 e. The zero-order chi connectivity index (χ0) is 17.9. The van der Waals surface area contributed by atoms with E-state index in [0.717, 1.165) is 31.2 Å². The lowest BCUT2D eigenvalue weighted by Gasteiger charge is -2.34. The number of hydrogen-bond acceptors (Lipinski definition) is 4. The molecule has 1 aliphatic carbocycles. The molecule has 1 aromatic rings. The van der Waals surface area contributed by atoms with Gasteiger partial charge in [-0.15, -0.1) is 0 Å². The molecule has 1 fully saturated rings. The Bertz CT molecular complexity index is 625. The minimum atomic E-state index is -0.440. The number of hydrogen-bond donors (Lipinski definition) is 2. The van der Waals surface area contributed by atoms with Crippen molar-refractivity contribution >= 4 is 17.4 Å². The van der Waals surface area contributed by atoms with Gasteiger partial charge in [0.2, 0.25) is 0 Å². The molecule has 0 saturated heterocycles. The standard InChI is InChI=1S/C17H25N3O4/c1-11-4-9-15(20(23)24)12(2)16(11)18-17(22)19(3)14-7-5-13(10-21)6-8-14/h4,9,13-14,21H,5-8,10H2,1-3H3,(H,18,22). The lowest BCUT2D eigenvalue weighted by Crippen LogP contribution is -2.42. The highest BCUT2D eigenvalue weighted by Gasteiger charge is 2.27. The molecule has 0 aliphatic heterocycles. The normalized spacial score (nSPS) is 20.5. The molecule has 0 radical (unpaired) electrons. The molecule has 0 bridgehead atoms. The van der Waals surface area contributed by atoms with Gasteiger partial charge < -0.3 is 15.3 Å². The molecule has 0 aromatic heterocycles. The second-order valence-corrected chi connectivity index (χ2v) is 6.56. The molecule has 7 heteroatoms. The summed E-state index contributed by atoms with van der Waals surface area (Å²) in [5.74, 6) is 0.332. The lowest BCUT2D eigenvalue weighted by atomic mass is 9.86. The van der Waals surface area contributed by atoms with E-state index in [1.807, 2.05) is 6.92 Å². The van der Waals surface area contributed by atoms with Crippen LogP contribution in [0.25, 0.3) is 0 Å². The second-order valence-electron chi connectivity index (χ2n) is 6.56. The predicted octanol–water partition coefficient (Wildman–Crippen LogP) is 3.23. The van der Waals surface area contributed by atoms with E-state index in [1.54, 1.807) is 24.9 Å². The van der Waals surface area contributed by atoms with Gasteiger partial charge in [-0.3, -0.25) is 10.1 Å². The third-order valence-electron chi connectivity index (χ3n) is 5.02. The molecule has 0 spiro atoms. The van der Waals surface area contributed by atoms with E-state index in [-0.39, 0.29) is 24.4 Å². The Morgan fingerprint density at radius 3 is 2.50 bits per heavy atom. The van der Waals surface area contributed by atoms with Crippen LogP contribution in [-0.2, 0) is 0 Å². The number of nitro groups is 1. The van der Waals surface area contributed by atoms with E-state index in [4.69, 9.17) is 0 Å². The van der Waals surface area contributed by atoms with Crippen molar-refractivity contribution in [3.63, 3.8) is 0 Å². The van der Waals surface area contributed by atoms with Crippen LogP contribution < -0.4 is 5.32 Å². The fourth-order valence-corrected chi connectivity index (χ4v) is 3.30. The number of carbonyl (C=O) groups excluding carboxylic acids is 1. The summed E-state index contributed by atoms with van der Waals surface area (Å²) in [5.41, 5.74) is 1.77. The lowest BCUT2D eigenvalue weighted by molar-refractivity contribution is -0.385. The number of rotatable bonds is 4. The molecule has 1 aromatic carbocycles. The number of anilines is 1. The van der Waals surface area contributed by atoms with Crippen LogP contribution in [0.1, 0.15) is 36.8 Å². The van der Waals surface area contributed by atoms with Crippen LogP contribution in [0.15, 0.2) is 12.1 Å². The van der Waals surface area contributed by atoms with Crippen LogP contribution in [-0.4, -0.2) is 40.7 Å². The number of nitro benzene ring substituents is 1. The highest BCUT2D eigenvalue weighted by molar-refractivity contribution is 5.91. The zero-order valence-electron chi connectivity index (χ0n) is 14.4. The fraction of sp³-hybridized carbons (Fsp3) is 0.588. The van der Waals surface area contributed by atoms with Crippen LogP contribution in [0.3, 0.4) is 0 Å². The first-order valence-electron chi connectivity index (χ1n) is 8.24. The van der Waals surface area contributed by atoms with Crippen LogP contribution in [0.5, 0.6) is 0 Å². The van der Waals surface area contributed by atoms with E-state index in [0.29, 0.717) is 17.2 Å². The zero-order valence-corrected chi connectivity index (χ0v) is 14.4. The van der Waals surface area contributed by atoms with Crippen LogP contribution in [0.4, 0.5) is 16.2 Å². The maximum atomic E-state index is 12.5. The topological polar surface area (TPSA) is 95.7 Å². The van der Waals surface area contributed by atoms with Gasteiger partial charge in [-0.25, -0.2) is 4.79 Å². The summed E-state index contributed by atoms with van der Waals surface area (Å²) in [6.45, 7) is 3.67. The van der Waals surface area contributed by atoms with Crippen molar-refractivity contribution in [1.82, 2.24) is 4.90 Å². The first-order valence-corrected chi connectivity index (χ1v) is 8.24. The third-order valence-corrected chi connectivity index (χ3v) is 5.02. The SMILES string of the molecule is Cc1ccc([N+](=O)[O-])c(C)c1NC(=O)N(C)C1CCC(CO)CC1. The molecule has 0 heterocycles. The van der Waals surface area contributed by atoms with Gasteiger partial charge in [0.15, 0.2) is 0 Å². The molecular formula is C17H25N3O4. The highest BCUT2D eigenvalue weighted by Crippen LogP contribution is 2.30. The summed E-state index contributed by atoms with van der Waals surface area (Å²) in [4.78, 5) is 24.8. The Balaban J connectivity index is 2.09. The number of amides is 2. The van der Waals surface area contributed by atoms with Gasteiger partial charge >= 0.3 is 6.03 Å². The van der Waals surface area contributed by atoms with Crippen molar-refractivity contribution in [2.45, 2.75) is 45.6 Å². The van der Waals surface area contributed by atoms with Gasteiger partial charge in [-0.2, -0.15) is 0 Å². The first kappa shape index (κ1) is 18.2. The molecule has 7 nitrogen and oxygen atoms in total. The highest BCUT2D eigenvalue weighted by atomic mass is 16.6. The predicted molar refractivity (Wildman–Crippen MR) is 92.2 cm³/mol. The maximum absolute atomic E-state index is 12.5.